The molecular weight excluding hydrogens is 196 g/mol. The highest BCUT2D eigenvalue weighted by molar-refractivity contribution is 5.76. The molecule has 1 aromatic heterocycles. The maximum atomic E-state index is 11.2. The molecule has 0 saturated carbocycles. The molecule has 84 valence electrons. The molecule has 0 fully saturated rings. The van der Waals surface area contributed by atoms with Gasteiger partial charge >= 0.3 is 5.97 Å². The molecule has 1 unspecified atom stereocenters. The molecule has 1 atom stereocenters. The average Bonchev–Trinajstić information content (AvgIpc) is 2.64. The molecule has 1 rings (SSSR count). The van der Waals surface area contributed by atoms with Crippen LogP contribution in [0.2, 0.25) is 0 Å². The van der Waals surface area contributed by atoms with Crippen LogP contribution in [0.25, 0.3) is 0 Å². The number of aliphatic carboxylic acids is 1. The van der Waals surface area contributed by atoms with E-state index in [0.29, 0.717) is 12.2 Å². The first-order valence-electron chi connectivity index (χ1n) is 4.95. The Hall–Kier alpha value is -1.46. The highest BCUT2D eigenvalue weighted by Crippen LogP contribution is 2.23. The minimum Gasteiger partial charge on any atom is -0.479 e. The number of aromatic nitrogens is 4. The van der Waals surface area contributed by atoms with Gasteiger partial charge < -0.3 is 5.11 Å². The third kappa shape index (κ3) is 1.84. The maximum absolute atomic E-state index is 11.2. The van der Waals surface area contributed by atoms with Crippen LogP contribution in [0.15, 0.2) is 0 Å². The van der Waals surface area contributed by atoms with E-state index in [1.54, 1.807) is 13.8 Å². The zero-order chi connectivity index (χ0) is 11.6. The molecule has 0 saturated heterocycles. The summed E-state index contributed by atoms with van der Waals surface area (Å²) in [4.78, 5) is 11.2. The Balaban J connectivity index is 3.24. The number of carboxylic acid groups (broad SMARTS) is 1. The van der Waals surface area contributed by atoms with Crippen LogP contribution in [-0.4, -0.2) is 31.3 Å². The van der Waals surface area contributed by atoms with E-state index < -0.39 is 11.5 Å². The summed E-state index contributed by atoms with van der Waals surface area (Å²) in [7, 11) is 0. The van der Waals surface area contributed by atoms with E-state index in [2.05, 4.69) is 15.5 Å². The van der Waals surface area contributed by atoms with Gasteiger partial charge in [-0.15, -0.1) is 5.10 Å². The minimum absolute atomic E-state index is 0.102. The third-order valence-corrected chi connectivity index (χ3v) is 2.63. The number of rotatable bonds is 4. The molecule has 0 aliphatic heterocycles. The highest BCUT2D eigenvalue weighted by atomic mass is 16.4. The summed E-state index contributed by atoms with van der Waals surface area (Å²) in [5, 5.41) is 20.4. The lowest BCUT2D eigenvalue weighted by Gasteiger charge is -2.24. The van der Waals surface area contributed by atoms with E-state index in [9.17, 15) is 9.90 Å². The van der Waals surface area contributed by atoms with Crippen LogP contribution >= 0.6 is 0 Å². The van der Waals surface area contributed by atoms with E-state index in [4.69, 9.17) is 0 Å². The van der Waals surface area contributed by atoms with Gasteiger partial charge in [0, 0.05) is 5.92 Å². The van der Waals surface area contributed by atoms with Gasteiger partial charge in [-0.1, -0.05) is 20.8 Å². The largest absolute Gasteiger partial charge is 0.479 e. The van der Waals surface area contributed by atoms with Crippen LogP contribution in [0, 0.1) is 0 Å². The van der Waals surface area contributed by atoms with Crippen LogP contribution in [0.3, 0.4) is 0 Å². The van der Waals surface area contributed by atoms with Gasteiger partial charge in [0.15, 0.2) is 11.4 Å². The monoisotopic (exact) mass is 212 g/mol. The number of nitrogens with zero attached hydrogens (tertiary/aromatic N) is 4. The number of hydrogen-bond acceptors (Lipinski definition) is 4. The van der Waals surface area contributed by atoms with Crippen molar-refractivity contribution in [3.63, 3.8) is 0 Å². The molecule has 0 amide bonds. The Morgan fingerprint density at radius 3 is 2.60 bits per heavy atom. The van der Waals surface area contributed by atoms with Crippen molar-refractivity contribution < 1.29 is 9.90 Å². The topological polar surface area (TPSA) is 80.9 Å². The fraction of sp³-hybridized carbons (Fsp3) is 0.778. The molecule has 15 heavy (non-hydrogen) atoms. The molecule has 0 aliphatic carbocycles. The maximum Gasteiger partial charge on any atom is 0.331 e. The molecule has 0 aliphatic rings. The molecule has 1 aromatic rings. The van der Waals surface area contributed by atoms with Gasteiger partial charge in [0.25, 0.3) is 0 Å². The fourth-order valence-electron chi connectivity index (χ4n) is 1.30. The minimum atomic E-state index is -1.07. The van der Waals surface area contributed by atoms with Crippen molar-refractivity contribution in [1.29, 1.82) is 0 Å². The van der Waals surface area contributed by atoms with Gasteiger partial charge in [-0.2, -0.15) is 0 Å². The van der Waals surface area contributed by atoms with E-state index >= 15 is 0 Å². The Bertz CT molecular complexity index is 361. The summed E-state index contributed by atoms with van der Waals surface area (Å²) < 4.78 is 1.40. The van der Waals surface area contributed by atoms with Crippen molar-refractivity contribution in [2.75, 3.05) is 0 Å². The van der Waals surface area contributed by atoms with Crippen molar-refractivity contribution in [1.82, 2.24) is 20.2 Å². The zero-order valence-electron chi connectivity index (χ0n) is 9.43. The van der Waals surface area contributed by atoms with Gasteiger partial charge in [-0.25, -0.2) is 9.48 Å². The first kappa shape index (κ1) is 11.6. The van der Waals surface area contributed by atoms with Crippen LogP contribution in [-0.2, 0) is 10.3 Å². The highest BCUT2D eigenvalue weighted by Gasteiger charge is 2.37. The number of carbonyl (C=O) groups is 1. The van der Waals surface area contributed by atoms with Crippen LogP contribution in [0.1, 0.15) is 45.9 Å². The fourth-order valence-corrected chi connectivity index (χ4v) is 1.30. The molecule has 6 nitrogen and oxygen atoms in total. The van der Waals surface area contributed by atoms with Crippen LogP contribution in [0.5, 0.6) is 0 Å². The molecule has 0 aromatic carbocycles. The summed E-state index contributed by atoms with van der Waals surface area (Å²) in [6.45, 7) is 7.29. The summed E-state index contributed by atoms with van der Waals surface area (Å²) in [5.41, 5.74) is -1.07. The predicted molar refractivity (Wildman–Crippen MR) is 53.5 cm³/mol. The van der Waals surface area contributed by atoms with E-state index in [1.807, 2.05) is 13.8 Å². The quantitative estimate of drug-likeness (QED) is 0.805. The normalized spacial score (nSPS) is 15.3. The average molecular weight is 212 g/mol. The predicted octanol–water partition coefficient (Wildman–Crippen LogP) is 1.01. The zero-order valence-corrected chi connectivity index (χ0v) is 9.43. The molecular formula is C9H16N4O2. The third-order valence-electron chi connectivity index (χ3n) is 2.63. The molecule has 0 bridgehead atoms. The summed E-state index contributed by atoms with van der Waals surface area (Å²) >= 11 is 0. The first-order valence-corrected chi connectivity index (χ1v) is 4.95. The molecule has 1 N–H and O–H groups in total. The van der Waals surface area contributed by atoms with E-state index in [1.165, 1.54) is 4.68 Å². The summed E-state index contributed by atoms with van der Waals surface area (Å²) in [6, 6.07) is 0. The number of tetrazole rings is 1. The molecule has 0 spiro atoms. The van der Waals surface area contributed by atoms with Crippen LogP contribution < -0.4 is 0 Å². The Morgan fingerprint density at radius 2 is 2.20 bits per heavy atom. The smallest absolute Gasteiger partial charge is 0.331 e. The van der Waals surface area contributed by atoms with Crippen LogP contribution in [0.4, 0.5) is 0 Å². The van der Waals surface area contributed by atoms with E-state index in [0.717, 1.165) is 0 Å². The van der Waals surface area contributed by atoms with Crippen molar-refractivity contribution in [3.05, 3.63) is 5.82 Å². The van der Waals surface area contributed by atoms with Crippen molar-refractivity contribution >= 4 is 5.97 Å². The second-order valence-corrected chi connectivity index (χ2v) is 4.04. The Kier molecular flexibility index (Phi) is 3.06. The van der Waals surface area contributed by atoms with Gasteiger partial charge in [0.2, 0.25) is 0 Å². The first-order chi connectivity index (χ1) is 6.93. The van der Waals surface area contributed by atoms with Crippen molar-refractivity contribution in [2.45, 2.75) is 45.6 Å². The molecule has 6 heteroatoms. The van der Waals surface area contributed by atoms with Gasteiger partial charge in [0.05, 0.1) is 0 Å². The summed E-state index contributed by atoms with van der Waals surface area (Å²) in [5.74, 6) is -0.217. The number of hydrogen-bond donors (Lipinski definition) is 1. The van der Waals surface area contributed by atoms with Gasteiger partial charge in [0.1, 0.15) is 0 Å². The molecule has 1 heterocycles. The lowest BCUT2D eigenvalue weighted by Crippen LogP contribution is -2.40. The summed E-state index contributed by atoms with van der Waals surface area (Å²) in [6.07, 6.45) is 0.438. The standard InChI is InChI=1S/C9H16N4O2/c1-5-9(4,8(14)15)13-7(6(2)3)10-11-12-13/h6H,5H2,1-4H3,(H,14,15). The van der Waals surface area contributed by atoms with E-state index in [-0.39, 0.29) is 5.92 Å². The molecule has 0 radical (unpaired) electrons. The van der Waals surface area contributed by atoms with Crippen molar-refractivity contribution in [2.24, 2.45) is 0 Å². The van der Waals surface area contributed by atoms with Gasteiger partial charge in [-0.3, -0.25) is 0 Å². The SMILES string of the molecule is CCC(C)(C(=O)O)n1nnnc1C(C)C. The second kappa shape index (κ2) is 3.96. The lowest BCUT2D eigenvalue weighted by atomic mass is 9.98. The second-order valence-electron chi connectivity index (χ2n) is 4.04. The van der Waals surface area contributed by atoms with Gasteiger partial charge in [-0.05, 0) is 23.8 Å². The lowest BCUT2D eigenvalue weighted by molar-refractivity contribution is -0.147. The number of carboxylic acids is 1. The Morgan fingerprint density at radius 1 is 1.60 bits per heavy atom. The van der Waals surface area contributed by atoms with Crippen molar-refractivity contribution in [3.8, 4) is 0 Å². The Labute approximate surface area is 88.3 Å².